The van der Waals surface area contributed by atoms with E-state index < -0.39 is 0 Å². The van der Waals surface area contributed by atoms with Gasteiger partial charge in [-0.1, -0.05) is 35.5 Å². The minimum atomic E-state index is -0.165. The second-order valence-electron chi connectivity index (χ2n) is 6.76. The van der Waals surface area contributed by atoms with E-state index in [-0.39, 0.29) is 17.6 Å². The molecular formula is C19H18ClN3O3. The quantitative estimate of drug-likeness (QED) is 0.778. The van der Waals surface area contributed by atoms with Crippen LogP contribution in [0.4, 0.5) is 0 Å². The van der Waals surface area contributed by atoms with Gasteiger partial charge in [0, 0.05) is 54.7 Å². The number of halogens is 1. The maximum atomic E-state index is 12.7. The van der Waals surface area contributed by atoms with Gasteiger partial charge in [0.05, 0.1) is 0 Å². The van der Waals surface area contributed by atoms with Gasteiger partial charge in [-0.05, 0) is 18.2 Å². The predicted octanol–water partition coefficient (Wildman–Crippen LogP) is 2.71. The molecule has 4 rings (SSSR count). The molecule has 1 aromatic heterocycles. The predicted molar refractivity (Wildman–Crippen MR) is 96.6 cm³/mol. The Hall–Kier alpha value is -2.60. The Balaban J connectivity index is 1.44. The highest BCUT2D eigenvalue weighted by atomic mass is 35.5. The Morgan fingerprint density at radius 2 is 1.85 bits per heavy atom. The van der Waals surface area contributed by atoms with Gasteiger partial charge in [-0.15, -0.1) is 0 Å². The molecule has 0 aliphatic carbocycles. The molecule has 0 radical (unpaired) electrons. The lowest BCUT2D eigenvalue weighted by molar-refractivity contribution is -0.125. The molecule has 0 bridgehead atoms. The van der Waals surface area contributed by atoms with Gasteiger partial charge in [-0.3, -0.25) is 9.59 Å². The number of rotatable bonds is 3. The van der Waals surface area contributed by atoms with Gasteiger partial charge in [0.2, 0.25) is 11.7 Å². The number of hydrogen-bond donors (Lipinski definition) is 0. The topological polar surface area (TPSA) is 66.7 Å². The summed E-state index contributed by atoms with van der Waals surface area (Å²) < 4.78 is 5.27. The van der Waals surface area contributed by atoms with Gasteiger partial charge in [-0.25, -0.2) is 0 Å². The number of hydrogen-bond acceptors (Lipinski definition) is 4. The minimum Gasteiger partial charge on any atom is -0.350 e. The van der Waals surface area contributed by atoms with Crippen molar-refractivity contribution in [3.05, 3.63) is 53.8 Å². The molecule has 2 aliphatic rings. The number of nitrogens with zero attached hydrogens (tertiary/aromatic N) is 3. The zero-order chi connectivity index (χ0) is 18.3. The SMILES string of the molecule is C=CC(=O)N1CC2CN(C(=O)c3cc(-c4cccc(Cl)c4)no3)CC2C1. The lowest BCUT2D eigenvalue weighted by Crippen LogP contribution is -2.34. The Labute approximate surface area is 156 Å². The van der Waals surface area contributed by atoms with Crippen molar-refractivity contribution in [3.63, 3.8) is 0 Å². The number of benzene rings is 1. The van der Waals surface area contributed by atoms with Crippen LogP contribution in [0.15, 0.2) is 47.5 Å². The fraction of sp³-hybridized carbons (Fsp3) is 0.316. The van der Waals surface area contributed by atoms with E-state index in [9.17, 15) is 9.59 Å². The van der Waals surface area contributed by atoms with Crippen LogP contribution in [0.3, 0.4) is 0 Å². The summed E-state index contributed by atoms with van der Waals surface area (Å²) in [6.45, 7) is 6.12. The van der Waals surface area contributed by atoms with Crippen molar-refractivity contribution in [2.24, 2.45) is 11.8 Å². The van der Waals surface area contributed by atoms with Gasteiger partial charge in [0.15, 0.2) is 0 Å². The molecule has 2 amide bonds. The van der Waals surface area contributed by atoms with Crippen molar-refractivity contribution < 1.29 is 14.1 Å². The van der Waals surface area contributed by atoms with Crippen LogP contribution in [0.25, 0.3) is 11.3 Å². The lowest BCUT2D eigenvalue weighted by atomic mass is 10.0. The number of carbonyl (C=O) groups is 2. The zero-order valence-electron chi connectivity index (χ0n) is 14.1. The summed E-state index contributed by atoms with van der Waals surface area (Å²) in [5.41, 5.74) is 1.38. The van der Waals surface area contributed by atoms with Crippen LogP contribution >= 0.6 is 11.6 Å². The third-order valence-electron chi connectivity index (χ3n) is 5.10. The molecule has 2 atom stereocenters. The first-order valence-electron chi connectivity index (χ1n) is 8.48. The van der Waals surface area contributed by atoms with E-state index >= 15 is 0 Å². The van der Waals surface area contributed by atoms with Crippen molar-refractivity contribution in [3.8, 4) is 11.3 Å². The highest BCUT2D eigenvalue weighted by Crippen LogP contribution is 2.32. The van der Waals surface area contributed by atoms with Crippen LogP contribution in [0.2, 0.25) is 5.02 Å². The molecule has 0 saturated carbocycles. The number of amides is 2. The fourth-order valence-corrected chi connectivity index (χ4v) is 3.97. The average molecular weight is 372 g/mol. The fourth-order valence-electron chi connectivity index (χ4n) is 3.78. The smallest absolute Gasteiger partial charge is 0.292 e. The summed E-state index contributed by atoms with van der Waals surface area (Å²) in [6, 6.07) is 8.89. The molecule has 26 heavy (non-hydrogen) atoms. The highest BCUT2D eigenvalue weighted by Gasteiger charge is 2.43. The van der Waals surface area contributed by atoms with Crippen LogP contribution < -0.4 is 0 Å². The van der Waals surface area contributed by atoms with Crippen molar-refractivity contribution in [1.29, 1.82) is 0 Å². The third-order valence-corrected chi connectivity index (χ3v) is 5.34. The van der Waals surface area contributed by atoms with Crippen molar-refractivity contribution >= 4 is 23.4 Å². The van der Waals surface area contributed by atoms with Crippen LogP contribution in [0, 0.1) is 11.8 Å². The highest BCUT2D eigenvalue weighted by molar-refractivity contribution is 6.30. The monoisotopic (exact) mass is 371 g/mol. The van der Waals surface area contributed by atoms with E-state index in [4.69, 9.17) is 16.1 Å². The summed E-state index contributed by atoms with van der Waals surface area (Å²) >= 11 is 6.00. The molecule has 1 aromatic carbocycles. The second-order valence-corrected chi connectivity index (χ2v) is 7.20. The molecule has 7 heteroatoms. The van der Waals surface area contributed by atoms with Gasteiger partial charge >= 0.3 is 0 Å². The molecule has 2 unspecified atom stereocenters. The van der Waals surface area contributed by atoms with Crippen molar-refractivity contribution in [1.82, 2.24) is 15.0 Å². The number of carbonyl (C=O) groups excluding carboxylic acids is 2. The minimum absolute atomic E-state index is 0.0429. The summed E-state index contributed by atoms with van der Waals surface area (Å²) in [5, 5.41) is 4.59. The second kappa shape index (κ2) is 6.61. The zero-order valence-corrected chi connectivity index (χ0v) is 14.9. The first kappa shape index (κ1) is 16.8. The summed E-state index contributed by atoms with van der Waals surface area (Å²) in [7, 11) is 0. The standard InChI is InChI=1S/C19H18ClN3O3/c1-2-18(24)22-8-13-10-23(11-14(13)9-22)19(25)17-7-16(21-26-17)12-4-3-5-15(20)6-12/h2-7,13-14H,1,8-11H2. The molecule has 6 nitrogen and oxygen atoms in total. The lowest BCUT2D eigenvalue weighted by Gasteiger charge is -2.20. The molecule has 0 N–H and O–H groups in total. The van der Waals surface area contributed by atoms with Crippen LogP contribution in [-0.4, -0.2) is 52.9 Å². The van der Waals surface area contributed by atoms with Gasteiger partial charge in [-0.2, -0.15) is 0 Å². The van der Waals surface area contributed by atoms with Gasteiger partial charge < -0.3 is 14.3 Å². The van der Waals surface area contributed by atoms with Gasteiger partial charge in [0.1, 0.15) is 5.69 Å². The van der Waals surface area contributed by atoms with Crippen molar-refractivity contribution in [2.45, 2.75) is 0 Å². The summed E-state index contributed by atoms with van der Waals surface area (Å²) in [6.07, 6.45) is 1.34. The molecule has 2 aliphatic heterocycles. The maximum absolute atomic E-state index is 12.7. The molecule has 134 valence electrons. The van der Waals surface area contributed by atoms with E-state index in [0.29, 0.717) is 48.7 Å². The van der Waals surface area contributed by atoms with E-state index in [1.165, 1.54) is 6.08 Å². The Morgan fingerprint density at radius 3 is 2.50 bits per heavy atom. The third kappa shape index (κ3) is 3.01. The Morgan fingerprint density at radius 1 is 1.15 bits per heavy atom. The van der Waals surface area contributed by atoms with E-state index in [0.717, 1.165) is 5.56 Å². The molecular weight excluding hydrogens is 354 g/mol. The largest absolute Gasteiger partial charge is 0.350 e. The maximum Gasteiger partial charge on any atom is 0.292 e. The Bertz CT molecular complexity index is 864. The van der Waals surface area contributed by atoms with E-state index in [1.807, 2.05) is 12.1 Å². The van der Waals surface area contributed by atoms with E-state index in [1.54, 1.807) is 28.0 Å². The summed E-state index contributed by atoms with van der Waals surface area (Å²) in [4.78, 5) is 28.1. The number of fused-ring (bicyclic) bond motifs is 1. The number of likely N-dealkylation sites (tertiary alicyclic amines) is 2. The normalized spacial score (nSPS) is 21.7. The first-order chi connectivity index (χ1) is 12.5. The van der Waals surface area contributed by atoms with Crippen LogP contribution in [0.5, 0.6) is 0 Å². The number of aromatic nitrogens is 1. The Kier molecular flexibility index (Phi) is 4.28. The first-order valence-corrected chi connectivity index (χ1v) is 8.86. The molecule has 2 saturated heterocycles. The average Bonchev–Trinajstić information content (AvgIpc) is 3.34. The van der Waals surface area contributed by atoms with Gasteiger partial charge in [0.25, 0.3) is 5.91 Å². The molecule has 2 fully saturated rings. The van der Waals surface area contributed by atoms with Crippen LogP contribution in [-0.2, 0) is 4.79 Å². The van der Waals surface area contributed by atoms with Crippen molar-refractivity contribution in [2.75, 3.05) is 26.2 Å². The molecule has 2 aromatic rings. The van der Waals surface area contributed by atoms with E-state index in [2.05, 4.69) is 11.7 Å². The molecule has 3 heterocycles. The summed E-state index contributed by atoms with van der Waals surface area (Å²) in [5.74, 6) is 0.621. The van der Waals surface area contributed by atoms with Crippen LogP contribution in [0.1, 0.15) is 10.6 Å². The molecule has 0 spiro atoms.